The molecular formula is C87H118N16O12S4. The molecule has 4 aromatic carbocycles. The van der Waals surface area contributed by atoms with Crippen LogP contribution in [0.15, 0.2) is 104 Å². The van der Waals surface area contributed by atoms with E-state index in [4.69, 9.17) is 11.5 Å². The molecule has 0 bridgehead atoms. The van der Waals surface area contributed by atoms with Crippen molar-refractivity contribution < 1.29 is 58.2 Å². The summed E-state index contributed by atoms with van der Waals surface area (Å²) in [4.78, 5) is 160. The van der Waals surface area contributed by atoms with E-state index < -0.39 is 112 Å². The number of carbonyl (C=O) groups is 10. The number of aliphatic hydroxyl groups is 1. The normalized spacial score (nSPS) is 24.7. The average Bonchev–Trinajstić information content (AvgIpc) is 1.10. The van der Waals surface area contributed by atoms with E-state index in [9.17, 15) is 43.8 Å². The number of nitrogens with two attached hydrogens (primary N) is 2. The number of carbonyl (C=O) groups excluding carboxylic acids is 10. The second kappa shape index (κ2) is 43.3. The van der Waals surface area contributed by atoms with E-state index in [1.165, 1.54) is 92.9 Å². The molecule has 12 rings (SSSR count). The minimum absolute atomic E-state index is 0.0163. The molecule has 3 aromatic heterocycles. The lowest BCUT2D eigenvalue weighted by molar-refractivity contribution is -0.134. The lowest BCUT2D eigenvalue weighted by Gasteiger charge is -2.47. The maximum atomic E-state index is 15.8. The van der Waals surface area contributed by atoms with Crippen molar-refractivity contribution >= 4 is 139 Å². The summed E-state index contributed by atoms with van der Waals surface area (Å²) in [5.41, 5.74) is 21.3. The summed E-state index contributed by atoms with van der Waals surface area (Å²) in [6.07, 6.45) is 13.6. The molecule has 642 valence electrons. The summed E-state index contributed by atoms with van der Waals surface area (Å²) in [6, 6.07) is 17.5. The molecule has 28 nitrogen and oxygen atoms in total. The molecule has 119 heavy (non-hydrogen) atoms. The van der Waals surface area contributed by atoms with Gasteiger partial charge in [-0.3, -0.25) is 58.3 Å². The smallest absolute Gasteiger partial charge is 0.244 e. The molecule has 3 aliphatic heterocycles. The Bertz CT molecular complexity index is 4660. The van der Waals surface area contributed by atoms with Crippen LogP contribution in [0.2, 0.25) is 0 Å². The number of amides is 9. The van der Waals surface area contributed by atoms with Crippen molar-refractivity contribution in [1.82, 2.24) is 72.6 Å². The van der Waals surface area contributed by atoms with Gasteiger partial charge in [0.25, 0.3) is 0 Å². The second-order valence-corrected chi connectivity index (χ2v) is 37.5. The number of aldehydes is 1. The fraction of sp³-hybridized carbons (Fsp3) is 0.540. The first-order valence-corrected chi connectivity index (χ1v) is 46.6. The highest BCUT2D eigenvalue weighted by Gasteiger charge is 2.44. The van der Waals surface area contributed by atoms with E-state index >= 15 is 14.4 Å². The summed E-state index contributed by atoms with van der Waals surface area (Å²) in [5.74, 6) is -4.16. The Balaban J connectivity index is 0.818. The van der Waals surface area contributed by atoms with Gasteiger partial charge in [-0.2, -0.15) is 11.8 Å². The van der Waals surface area contributed by atoms with Crippen LogP contribution in [0.1, 0.15) is 144 Å². The zero-order valence-electron chi connectivity index (χ0n) is 68.4. The molecule has 32 heteroatoms. The lowest BCUT2D eigenvalue weighted by atomic mass is 9.72. The van der Waals surface area contributed by atoms with E-state index in [1.807, 2.05) is 24.3 Å². The van der Waals surface area contributed by atoms with Gasteiger partial charge in [0.15, 0.2) is 0 Å². The van der Waals surface area contributed by atoms with Crippen LogP contribution < -0.4 is 59.3 Å². The van der Waals surface area contributed by atoms with E-state index in [-0.39, 0.29) is 66.4 Å². The predicted molar refractivity (Wildman–Crippen MR) is 472 cm³/mol. The van der Waals surface area contributed by atoms with Gasteiger partial charge in [-0.1, -0.05) is 81.8 Å². The van der Waals surface area contributed by atoms with Crippen molar-refractivity contribution in [3.05, 3.63) is 137 Å². The molecule has 7 aromatic rings. The third kappa shape index (κ3) is 23.4. The van der Waals surface area contributed by atoms with Crippen molar-refractivity contribution in [2.75, 3.05) is 74.6 Å². The summed E-state index contributed by atoms with van der Waals surface area (Å²) in [6.45, 7) is 11.0. The van der Waals surface area contributed by atoms with Crippen molar-refractivity contribution in [3.63, 3.8) is 0 Å². The summed E-state index contributed by atoms with van der Waals surface area (Å²) in [5, 5.41) is 49.5. The molecule has 5 aliphatic rings. The maximum absolute atomic E-state index is 15.8. The van der Waals surface area contributed by atoms with Gasteiger partial charge in [-0.25, -0.2) is 0 Å². The first kappa shape index (κ1) is 89.7. The number of nitrogens with one attached hydrogen (secondary N) is 12. The number of likely N-dealkylation sites (tertiary alicyclic amines) is 2. The molecule has 2 aliphatic carbocycles. The van der Waals surface area contributed by atoms with Crippen LogP contribution in [-0.4, -0.2) is 239 Å². The van der Waals surface area contributed by atoms with Crippen LogP contribution in [-0.2, 0) is 73.6 Å². The highest BCUT2D eigenvalue weighted by atomic mass is 32.2. The Kier molecular flexibility index (Phi) is 32.6. The molecule has 0 saturated carbocycles. The number of phenols is 1. The number of H-pyrrole nitrogens is 3. The molecule has 9 amide bonds. The molecule has 0 radical (unpaired) electrons. The molecular weight excluding hydrogens is 1590 g/mol. The van der Waals surface area contributed by atoms with Gasteiger partial charge in [0, 0.05) is 119 Å². The first-order chi connectivity index (χ1) is 57.6. The summed E-state index contributed by atoms with van der Waals surface area (Å²) in [7, 11) is 0. The number of piperidine rings is 2. The zero-order valence-corrected chi connectivity index (χ0v) is 71.6. The van der Waals surface area contributed by atoms with Gasteiger partial charge >= 0.3 is 0 Å². The molecule has 0 spiro atoms. The number of hydrogen-bond acceptors (Lipinski definition) is 20. The quantitative estimate of drug-likeness (QED) is 0.0125. The predicted octanol–water partition coefficient (Wildman–Crippen LogP) is 5.97. The number of unbranched alkanes of at least 4 members (excludes halogenated alkanes) is 2. The van der Waals surface area contributed by atoms with Crippen LogP contribution in [0.5, 0.6) is 5.75 Å². The average molecular weight is 1710 g/mol. The van der Waals surface area contributed by atoms with Crippen molar-refractivity contribution in [2.24, 2.45) is 23.3 Å². The maximum Gasteiger partial charge on any atom is 0.244 e. The van der Waals surface area contributed by atoms with Gasteiger partial charge < -0.3 is 84.0 Å². The first-order valence-electron chi connectivity index (χ1n) is 42.3. The number of aromatic hydroxyl groups is 1. The molecule has 18 N–H and O–H groups in total. The molecule has 3 saturated heterocycles. The van der Waals surface area contributed by atoms with Gasteiger partial charge in [0.2, 0.25) is 53.2 Å². The van der Waals surface area contributed by atoms with Crippen LogP contribution in [0, 0.1) is 11.8 Å². The number of para-hydroxylation sites is 1. The van der Waals surface area contributed by atoms with E-state index in [1.54, 1.807) is 37.0 Å². The minimum atomic E-state index is -1.57. The topological polar surface area (TPSA) is 425 Å². The number of phenolic OH excluding ortho intramolecular Hbond substituents is 1. The number of nitrogens with zero attached hydrogens (tertiary/aromatic N) is 2. The lowest BCUT2D eigenvalue weighted by Crippen LogP contribution is -2.60. The fourth-order valence-corrected chi connectivity index (χ4v) is 22.8. The number of fused-ring (bicyclic) bond motifs is 5. The largest absolute Gasteiger partial charge is 0.508 e. The Morgan fingerprint density at radius 3 is 1.95 bits per heavy atom. The number of primary amides is 1. The Morgan fingerprint density at radius 1 is 0.689 bits per heavy atom. The second-order valence-electron chi connectivity index (χ2n) is 32.5. The molecule has 16 atom stereocenters. The Labute approximate surface area is 712 Å². The highest BCUT2D eigenvalue weighted by Crippen LogP contribution is 2.47. The summed E-state index contributed by atoms with van der Waals surface area (Å²) < 4.78 is -0.523. The standard InChI is InChI=1S/C87H118N16O12S4/c1-5-30-102-42-52(32-61-59-17-14-21-65-78(59)55(39-92-65)36-72(61)102)45-116-49-75(108)90-29-13-11-20-67(96-76(44-104)117-46-53-33-62-60-18-15-22-66-79(60)56(40-93-66)37-73(62)103(43-53)31-6-2)84(112)100-70-47-118-77(23-10-12-28-88)119-48-71(87(115)101-80(50(4)105)81(89)109)99-83(111)63(7-3)95-74(107)41-94-82(110)69(35-54-38-91-64-19-9-8-16-58(54)64)98-85(113)68(97-86(70)114)34-51-24-26-57(106)27-25-51/h8-9,14-19,21-22,24-27,38-40,44,50,52-53,61-63,67-73,76-77,80,91-93,96,105-106H,5-7,10-13,20,23,28-37,41-43,45-49,88H2,1-4H3,(H2,89,109)(H,90,108)(H,94,110)(H,95,107)(H,97,114)(H,98,113)(H,99,111)(H,100,112)(H,101,115)/t50-,52-,53-,61-,62-,63+,67-,68+,69-,70+,71+,72-,73-,76?,77+,80+/m1/s1. The van der Waals surface area contributed by atoms with Gasteiger partial charge in [-0.05, 0) is 191 Å². The molecule has 1 unspecified atom stereocenters. The number of aromatic amines is 3. The number of benzene rings is 4. The van der Waals surface area contributed by atoms with Crippen LogP contribution in [0.4, 0.5) is 0 Å². The van der Waals surface area contributed by atoms with Crippen molar-refractivity contribution in [1.29, 1.82) is 0 Å². The number of hydrogen-bond donors (Lipinski definition) is 16. The SMILES string of the molecule is CCCN1C[C@H](CSCC(=O)NCCCC[C@@H](NC(C=O)SC[C@@H]2C[C@@H]3c4cccc5[nH]cc(c45)C[C@H]3N(CCC)C2)C(=O)N[C@H]2CS[C@H](CCCCN)SC[C@@H](C(=O)N[C@H](C(N)=O)[C@@H](C)O)NC(=O)[C@H](CC)NC(=O)CNC(=O)[C@@H](Cc3c[nH]c4ccccc34)NC(=O)[C@H](Cc3ccc(O)cc3)NC2=O)C[C@@H]2c3cccc4[nH]cc(c34)C[C@H]21. The number of aromatic nitrogens is 3. The van der Waals surface area contributed by atoms with Gasteiger partial charge in [0.1, 0.15) is 53.7 Å². The van der Waals surface area contributed by atoms with Crippen molar-refractivity contribution in [3.8, 4) is 5.75 Å². The zero-order chi connectivity index (χ0) is 84.2. The van der Waals surface area contributed by atoms with Crippen molar-refractivity contribution in [2.45, 2.75) is 206 Å². The monoisotopic (exact) mass is 1710 g/mol. The number of aliphatic hydroxyl groups excluding tert-OH is 1. The van der Waals surface area contributed by atoms with E-state index in [2.05, 4.69) is 135 Å². The fourth-order valence-electron chi connectivity index (χ4n) is 18.0. The van der Waals surface area contributed by atoms with Crippen LogP contribution >= 0.6 is 47.0 Å². The van der Waals surface area contributed by atoms with Gasteiger partial charge in [-0.15, -0.1) is 35.3 Å². The molecule has 6 heterocycles. The third-order valence-corrected chi connectivity index (χ3v) is 29.4. The summed E-state index contributed by atoms with van der Waals surface area (Å²) >= 11 is 5.56. The third-order valence-electron chi connectivity index (χ3n) is 23.9. The number of rotatable bonds is 34. The van der Waals surface area contributed by atoms with E-state index in [0.29, 0.717) is 86.0 Å². The highest BCUT2D eigenvalue weighted by molar-refractivity contribution is 8.17. The molecule has 3 fully saturated rings. The van der Waals surface area contributed by atoms with Crippen LogP contribution in [0.3, 0.4) is 0 Å². The van der Waals surface area contributed by atoms with E-state index in [0.717, 1.165) is 93.2 Å². The van der Waals surface area contributed by atoms with Gasteiger partial charge in [0.05, 0.1) is 29.0 Å². The Hall–Kier alpha value is -8.60. The Morgan fingerprint density at radius 2 is 1.31 bits per heavy atom. The minimum Gasteiger partial charge on any atom is -0.508 e. The van der Waals surface area contributed by atoms with Crippen LogP contribution in [0.25, 0.3) is 32.7 Å². The number of thioether (sulfide) groups is 4.